The van der Waals surface area contributed by atoms with Crippen LogP contribution in [0.2, 0.25) is 10.0 Å². The minimum absolute atomic E-state index is 0.421. The first kappa shape index (κ1) is 14.6. The molecular weight excluding hydrogens is 323 g/mol. The number of halogens is 2. The van der Waals surface area contributed by atoms with Crippen LogP contribution >= 0.6 is 23.2 Å². The molecule has 0 N–H and O–H groups in total. The maximum atomic E-state index is 5.80. The van der Waals surface area contributed by atoms with Crippen molar-refractivity contribution in [2.24, 2.45) is 0 Å². The predicted octanol–water partition coefficient (Wildman–Crippen LogP) is 5.37. The van der Waals surface area contributed by atoms with Crippen molar-refractivity contribution in [2.75, 3.05) is 0 Å². The third kappa shape index (κ3) is 3.67. The van der Waals surface area contributed by atoms with Gasteiger partial charge in [-0.3, -0.25) is 0 Å². The maximum absolute atomic E-state index is 5.80. The van der Waals surface area contributed by atoms with E-state index in [2.05, 4.69) is 9.97 Å². The molecule has 0 atom stereocenters. The van der Waals surface area contributed by atoms with Crippen LogP contribution in [0.4, 0.5) is 0 Å². The maximum Gasteiger partial charge on any atom is 0.219 e. The Morgan fingerprint density at radius 3 is 1.45 bits per heavy atom. The van der Waals surface area contributed by atoms with Crippen LogP contribution in [-0.2, 0) is 0 Å². The van der Waals surface area contributed by atoms with E-state index < -0.39 is 0 Å². The highest BCUT2D eigenvalue weighted by Crippen LogP contribution is 2.33. The van der Waals surface area contributed by atoms with Gasteiger partial charge in [-0.15, -0.1) is 0 Å². The van der Waals surface area contributed by atoms with Crippen LogP contribution in [0.5, 0.6) is 23.3 Å². The average molecular weight is 333 g/mol. The van der Waals surface area contributed by atoms with Crippen molar-refractivity contribution in [3.05, 3.63) is 71.0 Å². The molecule has 0 saturated carbocycles. The van der Waals surface area contributed by atoms with Crippen molar-refractivity contribution in [1.82, 2.24) is 9.97 Å². The van der Waals surface area contributed by atoms with Gasteiger partial charge in [0.15, 0.2) is 11.5 Å². The molecule has 3 aromatic rings. The lowest BCUT2D eigenvalue weighted by molar-refractivity contribution is 0.402. The third-order valence-electron chi connectivity index (χ3n) is 2.68. The van der Waals surface area contributed by atoms with Crippen LogP contribution in [0.3, 0.4) is 0 Å². The minimum atomic E-state index is 0.421. The number of hydrogen-bond acceptors (Lipinski definition) is 4. The summed E-state index contributed by atoms with van der Waals surface area (Å²) in [6, 6.07) is 14.0. The molecule has 22 heavy (non-hydrogen) atoms. The number of hydrogen-bond donors (Lipinski definition) is 0. The number of rotatable bonds is 4. The molecule has 0 aliphatic rings. The summed E-state index contributed by atoms with van der Waals surface area (Å²) >= 11 is 11.6. The summed E-state index contributed by atoms with van der Waals surface area (Å²) in [7, 11) is 0. The molecule has 0 spiro atoms. The zero-order chi connectivity index (χ0) is 15.4. The van der Waals surface area contributed by atoms with Crippen LogP contribution < -0.4 is 9.47 Å². The first-order valence-corrected chi connectivity index (χ1v) is 7.14. The highest BCUT2D eigenvalue weighted by Gasteiger charge is 2.08. The fourth-order valence-electron chi connectivity index (χ4n) is 1.69. The van der Waals surface area contributed by atoms with E-state index in [1.54, 1.807) is 36.4 Å². The first-order chi connectivity index (χ1) is 10.7. The third-order valence-corrected chi connectivity index (χ3v) is 3.13. The lowest BCUT2D eigenvalue weighted by atomic mass is 10.3. The second kappa shape index (κ2) is 6.64. The van der Waals surface area contributed by atoms with Gasteiger partial charge >= 0.3 is 0 Å². The molecule has 0 radical (unpaired) electrons. The van der Waals surface area contributed by atoms with E-state index >= 15 is 0 Å². The highest BCUT2D eigenvalue weighted by atomic mass is 35.5. The van der Waals surface area contributed by atoms with E-state index in [0.717, 1.165) is 0 Å². The monoisotopic (exact) mass is 332 g/mol. The van der Waals surface area contributed by atoms with Gasteiger partial charge in [0.05, 0.1) is 10.0 Å². The zero-order valence-corrected chi connectivity index (χ0v) is 12.8. The van der Waals surface area contributed by atoms with Gasteiger partial charge in [0.25, 0.3) is 0 Å². The normalized spacial score (nSPS) is 10.3. The molecule has 2 heterocycles. The first-order valence-electron chi connectivity index (χ1n) is 6.38. The SMILES string of the molecule is Clc1ccc(Oc2ccccc2Oc2ccc(Cl)cn2)nc1. The van der Waals surface area contributed by atoms with Crippen LogP contribution in [0, 0.1) is 0 Å². The summed E-state index contributed by atoms with van der Waals surface area (Å²) < 4.78 is 11.4. The Morgan fingerprint density at radius 1 is 0.636 bits per heavy atom. The molecule has 110 valence electrons. The lowest BCUT2D eigenvalue weighted by Crippen LogP contribution is -1.92. The molecule has 1 aromatic carbocycles. The van der Waals surface area contributed by atoms with Gasteiger partial charge in [0.1, 0.15) is 0 Å². The molecule has 6 heteroatoms. The smallest absolute Gasteiger partial charge is 0.219 e. The van der Waals surface area contributed by atoms with E-state index in [1.165, 1.54) is 12.4 Å². The summed E-state index contributed by atoms with van der Waals surface area (Å²) in [4.78, 5) is 8.18. The molecule has 0 fully saturated rings. The summed E-state index contributed by atoms with van der Waals surface area (Å²) in [6.07, 6.45) is 3.03. The number of nitrogens with zero attached hydrogens (tertiary/aromatic N) is 2. The van der Waals surface area contributed by atoms with E-state index in [0.29, 0.717) is 33.3 Å². The van der Waals surface area contributed by atoms with E-state index in [1.807, 2.05) is 12.1 Å². The molecule has 0 saturated heterocycles. The number of aromatic nitrogens is 2. The van der Waals surface area contributed by atoms with Crippen LogP contribution in [0.25, 0.3) is 0 Å². The number of ether oxygens (including phenoxy) is 2. The molecule has 0 unspecified atom stereocenters. The molecule has 2 aromatic heterocycles. The molecule has 0 aliphatic heterocycles. The van der Waals surface area contributed by atoms with Gasteiger partial charge in [-0.25, -0.2) is 9.97 Å². The Balaban J connectivity index is 1.83. The van der Waals surface area contributed by atoms with E-state index in [4.69, 9.17) is 32.7 Å². The van der Waals surface area contributed by atoms with Gasteiger partial charge in [-0.05, 0) is 24.3 Å². The van der Waals surface area contributed by atoms with E-state index in [-0.39, 0.29) is 0 Å². The molecule has 3 rings (SSSR count). The van der Waals surface area contributed by atoms with Crippen molar-refractivity contribution < 1.29 is 9.47 Å². The second-order valence-electron chi connectivity index (χ2n) is 4.28. The fraction of sp³-hybridized carbons (Fsp3) is 0. The molecule has 0 amide bonds. The number of pyridine rings is 2. The zero-order valence-electron chi connectivity index (χ0n) is 11.2. The summed E-state index contributed by atoms with van der Waals surface area (Å²) in [5.74, 6) is 1.89. The predicted molar refractivity (Wildman–Crippen MR) is 85.1 cm³/mol. The summed E-state index contributed by atoms with van der Waals surface area (Å²) in [6.45, 7) is 0. The molecule has 4 nitrogen and oxygen atoms in total. The van der Waals surface area contributed by atoms with Crippen molar-refractivity contribution in [1.29, 1.82) is 0 Å². The van der Waals surface area contributed by atoms with E-state index in [9.17, 15) is 0 Å². The topological polar surface area (TPSA) is 44.2 Å². The lowest BCUT2D eigenvalue weighted by Gasteiger charge is -2.10. The Labute approximate surface area is 137 Å². The van der Waals surface area contributed by atoms with Gasteiger partial charge < -0.3 is 9.47 Å². The van der Waals surface area contributed by atoms with Crippen LogP contribution in [0.1, 0.15) is 0 Å². The second-order valence-corrected chi connectivity index (χ2v) is 5.15. The fourth-order valence-corrected chi connectivity index (χ4v) is 1.91. The van der Waals surface area contributed by atoms with Crippen LogP contribution in [-0.4, -0.2) is 9.97 Å². The molecular formula is C16H10Cl2N2O2. The van der Waals surface area contributed by atoms with Crippen molar-refractivity contribution in [3.8, 4) is 23.3 Å². The summed E-state index contributed by atoms with van der Waals surface area (Å²) in [5, 5.41) is 1.09. The minimum Gasteiger partial charge on any atom is -0.435 e. The number of benzene rings is 1. The van der Waals surface area contributed by atoms with Crippen LogP contribution in [0.15, 0.2) is 60.9 Å². The quantitative estimate of drug-likeness (QED) is 0.644. The average Bonchev–Trinajstić information content (AvgIpc) is 2.54. The van der Waals surface area contributed by atoms with Crippen molar-refractivity contribution >= 4 is 23.2 Å². The van der Waals surface area contributed by atoms with Crippen molar-refractivity contribution in [3.63, 3.8) is 0 Å². The number of para-hydroxylation sites is 2. The molecule has 0 bridgehead atoms. The van der Waals surface area contributed by atoms with Gasteiger partial charge in [0.2, 0.25) is 11.8 Å². The van der Waals surface area contributed by atoms with Crippen molar-refractivity contribution in [2.45, 2.75) is 0 Å². The summed E-state index contributed by atoms with van der Waals surface area (Å²) in [5.41, 5.74) is 0. The Morgan fingerprint density at radius 2 is 1.09 bits per heavy atom. The largest absolute Gasteiger partial charge is 0.435 e. The Hall–Kier alpha value is -2.30. The Bertz CT molecular complexity index is 695. The molecule has 0 aliphatic carbocycles. The van der Waals surface area contributed by atoms with Gasteiger partial charge in [0, 0.05) is 24.5 Å². The standard InChI is InChI=1S/C16H10Cl2N2O2/c17-11-5-7-15(19-9-11)21-13-3-1-2-4-14(13)22-16-8-6-12(18)10-20-16/h1-10H. The van der Waals surface area contributed by atoms with Gasteiger partial charge in [-0.2, -0.15) is 0 Å². The highest BCUT2D eigenvalue weighted by molar-refractivity contribution is 6.30. The van der Waals surface area contributed by atoms with Gasteiger partial charge in [-0.1, -0.05) is 35.3 Å². The Kier molecular flexibility index (Phi) is 4.42.